The molecule has 0 saturated heterocycles. The Morgan fingerprint density at radius 1 is 1.11 bits per heavy atom. The number of benzene rings is 1. The Kier molecular flexibility index (Phi) is 4.90. The minimum absolute atomic E-state index is 0.0387. The number of hydrogen-bond donors (Lipinski definition) is 2. The molecule has 102 valence electrons. The van der Waals surface area contributed by atoms with Gasteiger partial charge in [0.05, 0.1) is 4.90 Å². The first-order chi connectivity index (χ1) is 8.29. The fourth-order valence-electron chi connectivity index (χ4n) is 2.28. The van der Waals surface area contributed by atoms with E-state index in [0.717, 1.165) is 5.56 Å². The van der Waals surface area contributed by atoms with E-state index in [4.69, 9.17) is 5.73 Å². The Bertz CT molecular complexity index is 470. The first-order valence-corrected chi connectivity index (χ1v) is 7.57. The summed E-state index contributed by atoms with van der Waals surface area (Å²) in [6.45, 7) is 6.21. The summed E-state index contributed by atoms with van der Waals surface area (Å²) in [7, 11) is -1.96. The molecule has 0 aliphatic carbocycles. The quantitative estimate of drug-likeness (QED) is 0.855. The van der Waals surface area contributed by atoms with Gasteiger partial charge in [0.15, 0.2) is 0 Å². The van der Waals surface area contributed by atoms with Crippen LogP contribution in [0.5, 0.6) is 0 Å². The summed E-state index contributed by atoms with van der Waals surface area (Å²) in [5.41, 5.74) is 7.07. The van der Waals surface area contributed by atoms with Gasteiger partial charge < -0.3 is 5.73 Å². The van der Waals surface area contributed by atoms with Crippen LogP contribution in [0.25, 0.3) is 0 Å². The third-order valence-electron chi connectivity index (χ3n) is 3.13. The van der Waals surface area contributed by atoms with Gasteiger partial charge in [0.2, 0.25) is 10.0 Å². The van der Waals surface area contributed by atoms with Crippen LogP contribution in [0, 0.1) is 5.92 Å². The highest BCUT2D eigenvalue weighted by atomic mass is 32.2. The fourth-order valence-corrected chi connectivity index (χ4v) is 3.01. The van der Waals surface area contributed by atoms with E-state index in [1.165, 1.54) is 7.05 Å². The van der Waals surface area contributed by atoms with Crippen molar-refractivity contribution in [2.75, 3.05) is 7.05 Å². The van der Waals surface area contributed by atoms with Crippen molar-refractivity contribution in [3.05, 3.63) is 29.8 Å². The highest BCUT2D eigenvalue weighted by Crippen LogP contribution is 2.27. The highest BCUT2D eigenvalue weighted by Gasteiger charge is 2.20. The molecule has 2 unspecified atom stereocenters. The fraction of sp³-hybridized carbons (Fsp3) is 0.538. The van der Waals surface area contributed by atoms with E-state index in [0.29, 0.717) is 5.92 Å². The van der Waals surface area contributed by atoms with Crippen molar-refractivity contribution >= 4 is 10.0 Å². The maximum Gasteiger partial charge on any atom is 0.240 e. The normalized spacial score (nSPS) is 15.7. The summed E-state index contributed by atoms with van der Waals surface area (Å²) >= 11 is 0. The highest BCUT2D eigenvalue weighted by molar-refractivity contribution is 7.89. The lowest BCUT2D eigenvalue weighted by molar-refractivity contribution is 0.435. The summed E-state index contributed by atoms with van der Waals surface area (Å²) < 4.78 is 25.5. The molecule has 1 aromatic carbocycles. The van der Waals surface area contributed by atoms with Crippen LogP contribution in [-0.2, 0) is 10.0 Å². The molecule has 0 aliphatic heterocycles. The minimum Gasteiger partial charge on any atom is -0.327 e. The van der Waals surface area contributed by atoms with Crippen LogP contribution in [0.4, 0.5) is 0 Å². The zero-order chi connectivity index (χ0) is 13.9. The van der Waals surface area contributed by atoms with Crippen LogP contribution in [-0.4, -0.2) is 21.5 Å². The molecule has 18 heavy (non-hydrogen) atoms. The number of hydrogen-bond acceptors (Lipinski definition) is 3. The molecular weight excluding hydrogens is 248 g/mol. The third kappa shape index (κ3) is 3.31. The summed E-state index contributed by atoms with van der Waals surface area (Å²) in [6.07, 6.45) is 0. The SMILES string of the molecule is CNS(=O)(=O)c1ccc(C(C(C)C)C(C)N)cc1. The molecule has 1 rings (SSSR count). The molecule has 2 atom stereocenters. The van der Waals surface area contributed by atoms with Crippen molar-refractivity contribution in [3.63, 3.8) is 0 Å². The molecular formula is C13H22N2O2S. The van der Waals surface area contributed by atoms with Gasteiger partial charge in [-0.05, 0) is 37.6 Å². The van der Waals surface area contributed by atoms with Crippen LogP contribution in [0.1, 0.15) is 32.3 Å². The van der Waals surface area contributed by atoms with Gasteiger partial charge in [-0.2, -0.15) is 0 Å². The molecule has 0 bridgehead atoms. The molecule has 0 spiro atoms. The van der Waals surface area contributed by atoms with Gasteiger partial charge >= 0.3 is 0 Å². The van der Waals surface area contributed by atoms with Crippen LogP contribution in [0.3, 0.4) is 0 Å². The molecule has 0 heterocycles. The van der Waals surface area contributed by atoms with E-state index >= 15 is 0 Å². The average molecular weight is 270 g/mol. The second-order valence-electron chi connectivity index (χ2n) is 4.91. The van der Waals surface area contributed by atoms with Gasteiger partial charge in [0.25, 0.3) is 0 Å². The van der Waals surface area contributed by atoms with Crippen molar-refractivity contribution in [1.29, 1.82) is 0 Å². The van der Waals surface area contributed by atoms with Crippen LogP contribution >= 0.6 is 0 Å². The van der Waals surface area contributed by atoms with E-state index in [1.54, 1.807) is 12.1 Å². The molecule has 5 heteroatoms. The Morgan fingerprint density at radius 2 is 1.61 bits per heavy atom. The van der Waals surface area contributed by atoms with Gasteiger partial charge in [-0.15, -0.1) is 0 Å². The summed E-state index contributed by atoms with van der Waals surface area (Å²) in [4.78, 5) is 0.279. The van der Waals surface area contributed by atoms with Crippen molar-refractivity contribution in [3.8, 4) is 0 Å². The monoisotopic (exact) mass is 270 g/mol. The maximum absolute atomic E-state index is 11.6. The maximum atomic E-state index is 11.6. The Labute approximate surface area is 110 Å². The number of nitrogens with one attached hydrogen (secondary N) is 1. The molecule has 0 aromatic heterocycles. The van der Waals surface area contributed by atoms with Gasteiger partial charge in [-0.3, -0.25) is 0 Å². The number of sulfonamides is 1. The van der Waals surface area contributed by atoms with Gasteiger partial charge in [0, 0.05) is 12.0 Å². The second-order valence-corrected chi connectivity index (χ2v) is 6.79. The third-order valence-corrected chi connectivity index (χ3v) is 4.56. The summed E-state index contributed by atoms with van der Waals surface area (Å²) in [6, 6.07) is 6.98. The van der Waals surface area contributed by atoms with Crippen molar-refractivity contribution < 1.29 is 8.42 Å². The van der Waals surface area contributed by atoms with Crippen molar-refractivity contribution in [2.24, 2.45) is 11.7 Å². The Morgan fingerprint density at radius 3 is 1.94 bits per heavy atom. The predicted molar refractivity (Wildman–Crippen MR) is 73.9 cm³/mol. The van der Waals surface area contributed by atoms with Crippen LogP contribution in [0.2, 0.25) is 0 Å². The van der Waals surface area contributed by atoms with Crippen molar-refractivity contribution in [1.82, 2.24) is 4.72 Å². The lowest BCUT2D eigenvalue weighted by atomic mass is 9.83. The largest absolute Gasteiger partial charge is 0.327 e. The summed E-state index contributed by atoms with van der Waals surface area (Å²) in [5.74, 6) is 0.646. The van der Waals surface area contributed by atoms with E-state index in [-0.39, 0.29) is 16.9 Å². The molecule has 4 nitrogen and oxygen atoms in total. The van der Waals surface area contributed by atoms with E-state index < -0.39 is 10.0 Å². The van der Waals surface area contributed by atoms with E-state index in [1.807, 2.05) is 19.1 Å². The molecule has 0 saturated carbocycles. The smallest absolute Gasteiger partial charge is 0.240 e. The number of nitrogens with two attached hydrogens (primary N) is 1. The molecule has 1 aromatic rings. The van der Waals surface area contributed by atoms with Gasteiger partial charge in [-0.25, -0.2) is 13.1 Å². The zero-order valence-corrected chi connectivity index (χ0v) is 12.2. The van der Waals surface area contributed by atoms with Crippen LogP contribution in [0.15, 0.2) is 29.2 Å². The molecule has 0 radical (unpaired) electrons. The number of rotatable bonds is 5. The Balaban J connectivity index is 3.09. The second kappa shape index (κ2) is 5.82. The topological polar surface area (TPSA) is 72.2 Å². The average Bonchev–Trinajstić information content (AvgIpc) is 2.29. The van der Waals surface area contributed by atoms with E-state index in [2.05, 4.69) is 18.6 Å². The van der Waals surface area contributed by atoms with Gasteiger partial charge in [-0.1, -0.05) is 26.0 Å². The van der Waals surface area contributed by atoms with Crippen LogP contribution < -0.4 is 10.5 Å². The van der Waals surface area contributed by atoms with Gasteiger partial charge in [0.1, 0.15) is 0 Å². The minimum atomic E-state index is -3.36. The molecule has 0 amide bonds. The standard InChI is InChI=1S/C13H22N2O2S/c1-9(2)13(10(3)14)11-5-7-12(8-6-11)18(16,17)15-4/h5-10,13,15H,14H2,1-4H3. The summed E-state index contributed by atoms with van der Waals surface area (Å²) in [5, 5.41) is 0. The first kappa shape index (κ1) is 15.1. The van der Waals surface area contributed by atoms with Crippen molar-refractivity contribution in [2.45, 2.75) is 37.6 Å². The Hall–Kier alpha value is -0.910. The predicted octanol–water partition coefficient (Wildman–Crippen LogP) is 1.68. The molecule has 0 fully saturated rings. The lowest BCUT2D eigenvalue weighted by Crippen LogP contribution is -2.28. The molecule has 3 N–H and O–H groups in total. The zero-order valence-electron chi connectivity index (χ0n) is 11.3. The van der Waals surface area contributed by atoms with E-state index in [9.17, 15) is 8.42 Å². The molecule has 0 aliphatic rings. The first-order valence-electron chi connectivity index (χ1n) is 6.08. The lowest BCUT2D eigenvalue weighted by Gasteiger charge is -2.25.